The van der Waals surface area contributed by atoms with Crippen molar-refractivity contribution in [3.8, 4) is 5.75 Å². The van der Waals surface area contributed by atoms with E-state index in [9.17, 15) is 9.18 Å². The van der Waals surface area contributed by atoms with E-state index in [-0.39, 0.29) is 18.1 Å². The Balaban J connectivity index is 1.57. The zero-order valence-corrected chi connectivity index (χ0v) is 20.9. The monoisotopic (exact) mass is 644 g/mol. The van der Waals surface area contributed by atoms with Gasteiger partial charge in [-0.2, -0.15) is 5.10 Å². The van der Waals surface area contributed by atoms with Crippen LogP contribution in [0.25, 0.3) is 0 Å². The summed E-state index contributed by atoms with van der Waals surface area (Å²) in [4.78, 5) is 12.0. The average Bonchev–Trinajstić information content (AvgIpc) is 2.70. The molecule has 0 aliphatic rings. The summed E-state index contributed by atoms with van der Waals surface area (Å²) in [5.74, 6) is 0.0683. The van der Waals surface area contributed by atoms with E-state index in [0.29, 0.717) is 17.9 Å². The number of rotatable bonds is 7. The summed E-state index contributed by atoms with van der Waals surface area (Å²) in [6.07, 6.45) is 1.66. The number of halogens is 4. The summed E-state index contributed by atoms with van der Waals surface area (Å²) in [6, 6.07) is 17.6. The van der Waals surface area contributed by atoms with Crippen LogP contribution in [-0.4, -0.2) is 12.1 Å². The Morgan fingerprint density at radius 2 is 1.63 bits per heavy atom. The molecular formula is C22H16Br2FIN2O2. The number of benzene rings is 3. The van der Waals surface area contributed by atoms with Crippen LogP contribution in [0.2, 0.25) is 0 Å². The first-order valence-electron chi connectivity index (χ1n) is 8.83. The summed E-state index contributed by atoms with van der Waals surface area (Å²) in [5.41, 5.74) is 5.03. The molecule has 0 unspecified atom stereocenters. The standard InChI is InChI=1S/C22H16Br2FIN2O2/c23-19-9-16(12-27-28-21(29)11-14-1-5-17(25)6-2-14)10-20(24)22(19)30-13-15-3-7-18(26)8-4-15/h1-10,12H,11,13H2,(H,28,29)/b27-12+. The molecule has 1 N–H and O–H groups in total. The van der Waals surface area contributed by atoms with Crippen LogP contribution in [0.4, 0.5) is 4.39 Å². The van der Waals surface area contributed by atoms with Crippen molar-refractivity contribution in [2.45, 2.75) is 13.0 Å². The van der Waals surface area contributed by atoms with E-state index in [2.05, 4.69) is 65.0 Å². The van der Waals surface area contributed by atoms with Crippen LogP contribution in [-0.2, 0) is 17.8 Å². The molecule has 30 heavy (non-hydrogen) atoms. The van der Waals surface area contributed by atoms with Crippen LogP contribution in [0.3, 0.4) is 0 Å². The number of ether oxygens (including phenoxy) is 1. The molecule has 0 aliphatic heterocycles. The van der Waals surface area contributed by atoms with Crippen molar-refractivity contribution in [3.05, 3.63) is 95.7 Å². The highest BCUT2D eigenvalue weighted by Crippen LogP contribution is 2.35. The minimum absolute atomic E-state index is 0.121. The molecule has 3 aromatic rings. The molecule has 0 aromatic heterocycles. The van der Waals surface area contributed by atoms with Crippen LogP contribution < -0.4 is 10.2 Å². The number of hydrogen-bond donors (Lipinski definition) is 1. The van der Waals surface area contributed by atoms with Crippen molar-refractivity contribution in [2.24, 2.45) is 5.10 Å². The zero-order valence-electron chi connectivity index (χ0n) is 15.5. The van der Waals surface area contributed by atoms with E-state index in [4.69, 9.17) is 4.74 Å². The number of carbonyl (C=O) groups is 1. The van der Waals surface area contributed by atoms with Crippen molar-refractivity contribution in [1.29, 1.82) is 0 Å². The Labute approximate surface area is 204 Å². The normalized spacial score (nSPS) is 10.9. The maximum absolute atomic E-state index is 12.9. The lowest BCUT2D eigenvalue weighted by molar-refractivity contribution is -0.120. The fourth-order valence-corrected chi connectivity index (χ4v) is 4.34. The number of nitrogens with zero attached hydrogens (tertiary/aromatic N) is 1. The van der Waals surface area contributed by atoms with Crippen LogP contribution in [0, 0.1) is 9.39 Å². The highest BCUT2D eigenvalue weighted by Gasteiger charge is 2.09. The third-order valence-corrected chi connectivity index (χ3v) is 5.90. The maximum Gasteiger partial charge on any atom is 0.244 e. The Bertz CT molecular complexity index is 1030. The predicted molar refractivity (Wildman–Crippen MR) is 131 cm³/mol. The Morgan fingerprint density at radius 3 is 2.27 bits per heavy atom. The van der Waals surface area contributed by atoms with Crippen molar-refractivity contribution in [1.82, 2.24) is 5.43 Å². The molecule has 8 heteroatoms. The van der Waals surface area contributed by atoms with Gasteiger partial charge in [0, 0.05) is 3.57 Å². The molecule has 3 rings (SSSR count). The molecule has 0 radical (unpaired) electrons. The van der Waals surface area contributed by atoms with Crippen LogP contribution >= 0.6 is 54.5 Å². The summed E-state index contributed by atoms with van der Waals surface area (Å²) >= 11 is 9.30. The highest BCUT2D eigenvalue weighted by atomic mass is 127. The average molecular weight is 646 g/mol. The van der Waals surface area contributed by atoms with Gasteiger partial charge in [0.05, 0.1) is 21.6 Å². The fraction of sp³-hybridized carbons (Fsp3) is 0.0909. The van der Waals surface area contributed by atoms with Gasteiger partial charge in [0.2, 0.25) is 5.91 Å². The molecule has 0 saturated heterocycles. The molecule has 0 fully saturated rings. The molecule has 1 amide bonds. The zero-order chi connectivity index (χ0) is 21.5. The van der Waals surface area contributed by atoms with Crippen LogP contribution in [0.15, 0.2) is 74.7 Å². The maximum atomic E-state index is 12.9. The Kier molecular flexibility index (Phi) is 8.41. The molecule has 4 nitrogen and oxygen atoms in total. The highest BCUT2D eigenvalue weighted by molar-refractivity contribution is 14.1. The topological polar surface area (TPSA) is 50.7 Å². The van der Waals surface area contributed by atoms with E-state index < -0.39 is 0 Å². The van der Waals surface area contributed by atoms with Crippen molar-refractivity contribution < 1.29 is 13.9 Å². The van der Waals surface area contributed by atoms with Crippen molar-refractivity contribution in [3.63, 3.8) is 0 Å². The molecular weight excluding hydrogens is 630 g/mol. The van der Waals surface area contributed by atoms with Gasteiger partial charge in [-0.15, -0.1) is 0 Å². The third kappa shape index (κ3) is 6.88. The van der Waals surface area contributed by atoms with Gasteiger partial charge in [0.15, 0.2) is 0 Å². The fourth-order valence-electron chi connectivity index (χ4n) is 2.53. The number of nitrogens with one attached hydrogen (secondary N) is 1. The van der Waals surface area contributed by atoms with E-state index in [1.165, 1.54) is 15.7 Å². The van der Waals surface area contributed by atoms with Gasteiger partial charge in [-0.3, -0.25) is 4.79 Å². The quantitative estimate of drug-likeness (QED) is 0.188. The molecule has 0 saturated carbocycles. The number of hydrazone groups is 1. The lowest BCUT2D eigenvalue weighted by Crippen LogP contribution is -2.19. The smallest absolute Gasteiger partial charge is 0.244 e. The van der Waals surface area contributed by atoms with E-state index in [1.807, 2.05) is 36.4 Å². The molecule has 0 atom stereocenters. The summed E-state index contributed by atoms with van der Waals surface area (Å²) < 4.78 is 21.5. The minimum atomic E-state index is -0.334. The number of hydrogen-bond acceptors (Lipinski definition) is 3. The molecule has 0 spiro atoms. The van der Waals surface area contributed by atoms with Gasteiger partial charge in [-0.05, 0) is 108 Å². The van der Waals surface area contributed by atoms with Gasteiger partial charge >= 0.3 is 0 Å². The van der Waals surface area contributed by atoms with E-state index in [1.54, 1.807) is 18.3 Å². The van der Waals surface area contributed by atoms with Gasteiger partial charge in [0.1, 0.15) is 18.2 Å². The summed E-state index contributed by atoms with van der Waals surface area (Å²) in [7, 11) is 0. The first-order chi connectivity index (χ1) is 14.4. The van der Waals surface area contributed by atoms with Gasteiger partial charge in [-0.1, -0.05) is 24.3 Å². The van der Waals surface area contributed by atoms with Crippen molar-refractivity contribution >= 4 is 66.6 Å². The third-order valence-electron chi connectivity index (χ3n) is 4.00. The number of carbonyl (C=O) groups excluding carboxylic acids is 1. The molecule has 0 aliphatic carbocycles. The van der Waals surface area contributed by atoms with Gasteiger partial charge in [-0.25, -0.2) is 9.82 Å². The SMILES string of the molecule is O=C(Cc1ccc(F)cc1)N/N=C/c1cc(Br)c(OCc2ccc(I)cc2)c(Br)c1. The minimum Gasteiger partial charge on any atom is -0.487 e. The molecule has 3 aromatic carbocycles. The molecule has 154 valence electrons. The molecule has 0 bridgehead atoms. The second kappa shape index (κ2) is 11.0. The van der Waals surface area contributed by atoms with E-state index >= 15 is 0 Å². The summed E-state index contributed by atoms with van der Waals surface area (Å²) in [6.45, 7) is 0.445. The van der Waals surface area contributed by atoms with Gasteiger partial charge in [0.25, 0.3) is 0 Å². The predicted octanol–water partition coefficient (Wildman–Crippen LogP) is 6.23. The van der Waals surface area contributed by atoms with Crippen molar-refractivity contribution in [2.75, 3.05) is 0 Å². The summed E-state index contributed by atoms with van der Waals surface area (Å²) in [5, 5.41) is 3.99. The second-order valence-corrected chi connectivity index (χ2v) is 9.28. The molecule has 0 heterocycles. The Morgan fingerprint density at radius 1 is 1.03 bits per heavy atom. The van der Waals surface area contributed by atoms with Crippen LogP contribution in [0.5, 0.6) is 5.75 Å². The van der Waals surface area contributed by atoms with Gasteiger partial charge < -0.3 is 4.74 Å². The van der Waals surface area contributed by atoms with Crippen LogP contribution in [0.1, 0.15) is 16.7 Å². The van der Waals surface area contributed by atoms with E-state index in [0.717, 1.165) is 20.1 Å². The lowest BCUT2D eigenvalue weighted by Gasteiger charge is -2.11. The largest absolute Gasteiger partial charge is 0.487 e. The first kappa shape index (κ1) is 22.9. The Hall–Kier alpha value is -1.78. The number of amides is 1. The first-order valence-corrected chi connectivity index (χ1v) is 11.5. The lowest BCUT2D eigenvalue weighted by atomic mass is 10.1. The second-order valence-electron chi connectivity index (χ2n) is 6.33.